The lowest BCUT2D eigenvalue weighted by Gasteiger charge is -2.19. The van der Waals surface area contributed by atoms with Gasteiger partial charge in [0.2, 0.25) is 11.8 Å². The number of hydrogen-bond donors (Lipinski definition) is 3. The van der Waals surface area contributed by atoms with Crippen LogP contribution in [0, 0.1) is 6.92 Å². The van der Waals surface area contributed by atoms with Crippen LogP contribution in [0.5, 0.6) is 11.6 Å². The average Bonchev–Trinajstić information content (AvgIpc) is 2.79. The van der Waals surface area contributed by atoms with Gasteiger partial charge in [-0.2, -0.15) is 13.2 Å². The van der Waals surface area contributed by atoms with E-state index in [4.69, 9.17) is 10.5 Å². The van der Waals surface area contributed by atoms with Gasteiger partial charge in [-0.25, -0.2) is 15.0 Å². The molecule has 0 amide bonds. The van der Waals surface area contributed by atoms with E-state index in [0.29, 0.717) is 39.0 Å². The van der Waals surface area contributed by atoms with E-state index in [2.05, 4.69) is 20.3 Å². The third-order valence-electron chi connectivity index (χ3n) is 4.96. The number of pyridine rings is 1. The molecule has 7 nitrogen and oxygen atoms in total. The van der Waals surface area contributed by atoms with Crippen molar-refractivity contribution < 1.29 is 23.0 Å². The first kappa shape index (κ1) is 22.3. The van der Waals surface area contributed by atoms with E-state index in [0.717, 1.165) is 0 Å². The fourth-order valence-electron chi connectivity index (χ4n) is 3.38. The van der Waals surface area contributed by atoms with Crippen LogP contribution in [0.3, 0.4) is 0 Å². The first-order valence-electron chi connectivity index (χ1n) is 9.97. The Morgan fingerprint density at radius 2 is 1.82 bits per heavy atom. The van der Waals surface area contributed by atoms with Gasteiger partial charge < -0.3 is 20.9 Å². The number of aliphatic hydroxyl groups excluding tert-OH is 1. The number of hydrogen-bond acceptors (Lipinski definition) is 7. The zero-order valence-electron chi connectivity index (χ0n) is 17.5. The SMILES string of the molecule is Cc1cc(NCC(O)C(F)(F)F)c2ccccc2c1Oc1ncccc1-c1ccnc(N)n1. The van der Waals surface area contributed by atoms with Crippen LogP contribution in [0.4, 0.5) is 24.8 Å². The molecule has 0 saturated heterocycles. The molecule has 33 heavy (non-hydrogen) atoms. The number of aryl methyl sites for hydroxylation is 1. The number of aromatic nitrogens is 3. The minimum atomic E-state index is -4.71. The molecule has 0 aliphatic carbocycles. The smallest absolute Gasteiger partial charge is 0.416 e. The number of nitrogen functional groups attached to an aromatic ring is 1. The van der Waals surface area contributed by atoms with E-state index >= 15 is 0 Å². The van der Waals surface area contributed by atoms with Gasteiger partial charge in [0, 0.05) is 35.4 Å². The summed E-state index contributed by atoms with van der Waals surface area (Å²) < 4.78 is 44.4. The number of rotatable bonds is 6. The molecule has 1 unspecified atom stereocenters. The van der Waals surface area contributed by atoms with Crippen LogP contribution < -0.4 is 15.8 Å². The number of aliphatic hydroxyl groups is 1. The van der Waals surface area contributed by atoms with E-state index in [1.807, 2.05) is 0 Å². The first-order chi connectivity index (χ1) is 15.7. The highest BCUT2D eigenvalue weighted by Crippen LogP contribution is 2.39. The molecule has 0 saturated carbocycles. The third-order valence-corrected chi connectivity index (χ3v) is 4.96. The molecule has 2 aromatic heterocycles. The zero-order valence-corrected chi connectivity index (χ0v) is 17.5. The van der Waals surface area contributed by atoms with Crippen LogP contribution in [-0.4, -0.2) is 38.9 Å². The standard InChI is InChI=1S/C23H20F3N5O2/c1-13-11-18(30-12-19(32)23(24,25)26)14-5-2-3-6-15(14)20(13)33-21-16(7-4-9-28-21)17-8-10-29-22(27)31-17/h2-11,19,30,32H,12H2,1H3,(H2,27,29,31). The largest absolute Gasteiger partial charge is 0.437 e. The molecule has 4 rings (SSSR count). The topological polar surface area (TPSA) is 106 Å². The fraction of sp³-hybridized carbons (Fsp3) is 0.174. The second-order valence-electron chi connectivity index (χ2n) is 7.31. The molecule has 170 valence electrons. The van der Waals surface area contributed by atoms with Gasteiger partial charge in [0.25, 0.3) is 0 Å². The number of nitrogens with zero attached hydrogens (tertiary/aromatic N) is 3. The molecule has 0 radical (unpaired) electrons. The van der Waals surface area contributed by atoms with Gasteiger partial charge in [0.05, 0.1) is 11.3 Å². The summed E-state index contributed by atoms with van der Waals surface area (Å²) in [5, 5.41) is 13.4. The van der Waals surface area contributed by atoms with Crippen LogP contribution in [0.15, 0.2) is 60.9 Å². The highest BCUT2D eigenvalue weighted by atomic mass is 19.4. The van der Waals surface area contributed by atoms with Crippen molar-refractivity contribution in [2.75, 3.05) is 17.6 Å². The van der Waals surface area contributed by atoms with E-state index in [1.54, 1.807) is 61.7 Å². The second kappa shape index (κ2) is 8.91. The van der Waals surface area contributed by atoms with E-state index in [9.17, 15) is 18.3 Å². The number of ether oxygens (including phenoxy) is 1. The van der Waals surface area contributed by atoms with E-state index < -0.39 is 18.8 Å². The predicted octanol–water partition coefficient (Wildman–Crippen LogP) is 4.71. The van der Waals surface area contributed by atoms with Crippen molar-refractivity contribution in [3.05, 3.63) is 66.5 Å². The molecule has 0 aliphatic rings. The highest BCUT2D eigenvalue weighted by molar-refractivity contribution is 5.99. The van der Waals surface area contributed by atoms with Crippen molar-refractivity contribution in [2.24, 2.45) is 0 Å². The Labute approximate surface area is 187 Å². The molecule has 10 heteroatoms. The zero-order chi connectivity index (χ0) is 23.6. The van der Waals surface area contributed by atoms with Gasteiger partial charge in [0.1, 0.15) is 5.75 Å². The highest BCUT2D eigenvalue weighted by Gasteiger charge is 2.37. The Morgan fingerprint density at radius 3 is 2.55 bits per heavy atom. The van der Waals surface area contributed by atoms with Crippen molar-refractivity contribution in [3.63, 3.8) is 0 Å². The molecule has 0 spiro atoms. The lowest BCUT2D eigenvalue weighted by molar-refractivity contribution is -0.198. The predicted molar refractivity (Wildman–Crippen MR) is 119 cm³/mol. The Bertz CT molecular complexity index is 1300. The van der Waals surface area contributed by atoms with Crippen molar-refractivity contribution in [1.82, 2.24) is 15.0 Å². The summed E-state index contributed by atoms with van der Waals surface area (Å²) >= 11 is 0. The molecule has 2 heterocycles. The Morgan fingerprint density at radius 1 is 1.06 bits per heavy atom. The normalized spacial score (nSPS) is 12.5. The quantitative estimate of drug-likeness (QED) is 0.387. The molecule has 1 atom stereocenters. The lowest BCUT2D eigenvalue weighted by atomic mass is 10.0. The molecule has 4 N–H and O–H groups in total. The second-order valence-corrected chi connectivity index (χ2v) is 7.31. The van der Waals surface area contributed by atoms with Crippen molar-refractivity contribution in [2.45, 2.75) is 19.2 Å². The number of halogens is 3. The number of benzene rings is 2. The summed E-state index contributed by atoms with van der Waals surface area (Å²) in [6.07, 6.45) is -4.08. The summed E-state index contributed by atoms with van der Waals surface area (Å²) in [7, 11) is 0. The lowest BCUT2D eigenvalue weighted by Crippen LogP contribution is -2.35. The molecular weight excluding hydrogens is 435 g/mol. The van der Waals surface area contributed by atoms with Crippen LogP contribution in [0.2, 0.25) is 0 Å². The number of nitrogens with one attached hydrogen (secondary N) is 1. The summed E-state index contributed by atoms with van der Waals surface area (Å²) in [6, 6.07) is 14.0. The average molecular weight is 455 g/mol. The monoisotopic (exact) mass is 455 g/mol. The summed E-state index contributed by atoms with van der Waals surface area (Å²) in [5.74, 6) is 0.895. The maximum absolute atomic E-state index is 12.7. The van der Waals surface area contributed by atoms with Gasteiger partial charge in [0.15, 0.2) is 6.10 Å². The van der Waals surface area contributed by atoms with Crippen LogP contribution >= 0.6 is 0 Å². The van der Waals surface area contributed by atoms with Crippen molar-refractivity contribution >= 4 is 22.4 Å². The molecule has 0 bridgehead atoms. The summed E-state index contributed by atoms with van der Waals surface area (Å²) in [5.41, 5.74) is 7.96. The molecule has 0 aliphatic heterocycles. The van der Waals surface area contributed by atoms with Gasteiger partial charge in [-0.1, -0.05) is 24.3 Å². The fourth-order valence-corrected chi connectivity index (χ4v) is 3.38. The Hall–Kier alpha value is -3.92. The van der Waals surface area contributed by atoms with Gasteiger partial charge in [-0.15, -0.1) is 0 Å². The maximum Gasteiger partial charge on any atom is 0.416 e. The molecular formula is C23H20F3N5O2. The number of anilines is 2. The van der Waals surface area contributed by atoms with Crippen LogP contribution in [-0.2, 0) is 0 Å². The number of nitrogens with two attached hydrogens (primary N) is 1. The minimum absolute atomic E-state index is 0.111. The molecule has 4 aromatic rings. The summed E-state index contributed by atoms with van der Waals surface area (Å²) in [6.45, 7) is 1.10. The molecule has 2 aromatic carbocycles. The van der Waals surface area contributed by atoms with Crippen molar-refractivity contribution in [3.8, 4) is 22.9 Å². The van der Waals surface area contributed by atoms with Crippen molar-refractivity contribution in [1.29, 1.82) is 0 Å². The maximum atomic E-state index is 12.7. The number of alkyl halides is 3. The number of fused-ring (bicyclic) bond motifs is 1. The van der Waals surface area contributed by atoms with E-state index in [-0.39, 0.29) is 11.8 Å². The Kier molecular flexibility index (Phi) is 6.01. The van der Waals surface area contributed by atoms with Gasteiger partial charge >= 0.3 is 6.18 Å². The first-order valence-corrected chi connectivity index (χ1v) is 9.97. The van der Waals surface area contributed by atoms with E-state index in [1.165, 1.54) is 6.20 Å². The van der Waals surface area contributed by atoms with Gasteiger partial charge in [-0.05, 0) is 36.8 Å². The summed E-state index contributed by atoms with van der Waals surface area (Å²) in [4.78, 5) is 12.5. The van der Waals surface area contributed by atoms with Crippen LogP contribution in [0.1, 0.15) is 5.56 Å². The Balaban J connectivity index is 1.73. The van der Waals surface area contributed by atoms with Gasteiger partial charge in [-0.3, -0.25) is 0 Å². The third kappa shape index (κ3) is 4.80. The minimum Gasteiger partial charge on any atom is -0.437 e. The molecule has 0 fully saturated rings. The van der Waals surface area contributed by atoms with Crippen LogP contribution in [0.25, 0.3) is 22.0 Å².